The monoisotopic (exact) mass is 332 g/mol. The van der Waals surface area contributed by atoms with Gasteiger partial charge in [0.15, 0.2) is 0 Å². The zero-order valence-electron chi connectivity index (χ0n) is 12.7. The molecule has 0 saturated carbocycles. The average molecular weight is 333 g/mol. The Kier molecular flexibility index (Phi) is 4.34. The Morgan fingerprint density at radius 3 is 2.19 bits per heavy atom. The predicted molar refractivity (Wildman–Crippen MR) is 98.9 cm³/mol. The van der Waals surface area contributed by atoms with Crippen LogP contribution in [0, 0.1) is 0 Å². The largest absolute Gasteiger partial charge is 0.143 e. The van der Waals surface area contributed by atoms with Gasteiger partial charge in [0.2, 0.25) is 0 Å². The molecule has 0 nitrogen and oxygen atoms in total. The van der Waals surface area contributed by atoms with E-state index in [0.717, 1.165) is 0 Å². The average Bonchev–Trinajstić information content (AvgIpc) is 3.19. The molecule has 0 N–H and O–H groups in total. The molecule has 0 aliphatic carbocycles. The van der Waals surface area contributed by atoms with Gasteiger partial charge >= 0.3 is 0 Å². The van der Waals surface area contributed by atoms with Crippen LogP contribution < -0.4 is 0 Å². The molecule has 0 atom stereocenters. The summed E-state index contributed by atoms with van der Waals surface area (Å²) >= 11 is 5.67. The Bertz CT molecular complexity index is 698. The highest BCUT2D eigenvalue weighted by Gasteiger charge is 2.22. The zero-order valence-corrected chi connectivity index (χ0v) is 15.1. The van der Waals surface area contributed by atoms with E-state index in [-0.39, 0.29) is 0 Å². The third-order valence-corrected chi connectivity index (χ3v) is 7.56. The van der Waals surface area contributed by atoms with Crippen LogP contribution in [-0.4, -0.2) is 0 Å². The predicted octanol–water partition coefficient (Wildman–Crippen LogP) is 7.28. The Labute approximate surface area is 139 Å². The molecule has 3 aromatic heterocycles. The van der Waals surface area contributed by atoms with E-state index in [1.807, 2.05) is 34.0 Å². The number of thiophene rings is 3. The van der Waals surface area contributed by atoms with Gasteiger partial charge in [-0.2, -0.15) is 0 Å². The van der Waals surface area contributed by atoms with Crippen LogP contribution >= 0.6 is 34.0 Å². The number of hydrogen-bond acceptors (Lipinski definition) is 3. The first-order valence-corrected chi connectivity index (χ1v) is 9.86. The van der Waals surface area contributed by atoms with Crippen molar-refractivity contribution in [2.45, 2.75) is 39.0 Å². The minimum atomic E-state index is 0.297. The van der Waals surface area contributed by atoms with Gasteiger partial charge in [0.25, 0.3) is 0 Å². The van der Waals surface area contributed by atoms with Crippen molar-refractivity contribution in [2.24, 2.45) is 0 Å². The van der Waals surface area contributed by atoms with Gasteiger partial charge in [-0.1, -0.05) is 33.3 Å². The van der Waals surface area contributed by atoms with Crippen LogP contribution in [0.15, 0.2) is 41.8 Å². The molecule has 3 heteroatoms. The molecule has 3 aromatic rings. The van der Waals surface area contributed by atoms with Crippen molar-refractivity contribution >= 4 is 34.0 Å². The van der Waals surface area contributed by atoms with Gasteiger partial charge < -0.3 is 0 Å². The lowest BCUT2D eigenvalue weighted by Gasteiger charge is -2.22. The molecule has 110 valence electrons. The summed E-state index contributed by atoms with van der Waals surface area (Å²) in [6.45, 7) is 6.98. The molecule has 0 unspecified atom stereocenters. The normalized spacial score (nSPS) is 12.0. The summed E-state index contributed by atoms with van der Waals surface area (Å²) in [5, 5.41) is 2.14. The van der Waals surface area contributed by atoms with E-state index in [9.17, 15) is 0 Å². The Morgan fingerprint density at radius 2 is 1.52 bits per heavy atom. The molecule has 0 aliphatic heterocycles. The Hall–Kier alpha value is -0.900. The molecule has 0 spiro atoms. The second kappa shape index (κ2) is 6.07. The lowest BCUT2D eigenvalue weighted by atomic mass is 9.86. The SMILES string of the molecule is CCCC(C)(C)c1ccc(-c2ccc(-c3cccs3)s2)s1. The fourth-order valence-electron chi connectivity index (χ4n) is 2.60. The molecule has 0 bridgehead atoms. The maximum atomic E-state index is 2.36. The fraction of sp³-hybridized carbons (Fsp3) is 0.333. The van der Waals surface area contributed by atoms with Crippen molar-refractivity contribution in [3.63, 3.8) is 0 Å². The molecule has 0 amide bonds. The molecule has 3 rings (SSSR count). The van der Waals surface area contributed by atoms with Gasteiger partial charge in [-0.15, -0.1) is 34.0 Å². The van der Waals surface area contributed by atoms with Crippen molar-refractivity contribution in [2.75, 3.05) is 0 Å². The van der Waals surface area contributed by atoms with E-state index in [1.165, 1.54) is 37.2 Å². The van der Waals surface area contributed by atoms with E-state index in [4.69, 9.17) is 0 Å². The highest BCUT2D eigenvalue weighted by molar-refractivity contribution is 7.26. The van der Waals surface area contributed by atoms with Crippen LogP contribution in [0.3, 0.4) is 0 Å². The first-order valence-electron chi connectivity index (χ1n) is 7.34. The minimum Gasteiger partial charge on any atom is -0.143 e. The second-order valence-electron chi connectivity index (χ2n) is 5.94. The summed E-state index contributed by atoms with van der Waals surface area (Å²) < 4.78 is 0. The van der Waals surface area contributed by atoms with Gasteiger partial charge in [-0.3, -0.25) is 0 Å². The lowest BCUT2D eigenvalue weighted by Crippen LogP contribution is -2.14. The summed E-state index contributed by atoms with van der Waals surface area (Å²) in [5.41, 5.74) is 0.297. The van der Waals surface area contributed by atoms with Crippen LogP contribution in [-0.2, 0) is 5.41 Å². The molecular weight excluding hydrogens is 312 g/mol. The maximum Gasteiger partial charge on any atom is 0.0449 e. The molecule has 0 aliphatic rings. The van der Waals surface area contributed by atoms with Crippen LogP contribution in [0.25, 0.3) is 19.5 Å². The molecule has 0 radical (unpaired) electrons. The number of rotatable bonds is 5. The minimum absolute atomic E-state index is 0.297. The first-order chi connectivity index (χ1) is 10.1. The van der Waals surface area contributed by atoms with Crippen molar-refractivity contribution < 1.29 is 0 Å². The van der Waals surface area contributed by atoms with Crippen LogP contribution in [0.5, 0.6) is 0 Å². The molecular formula is C18H20S3. The molecule has 0 fully saturated rings. The third-order valence-electron chi connectivity index (χ3n) is 3.76. The molecule has 3 heterocycles. The van der Waals surface area contributed by atoms with Crippen molar-refractivity contribution in [1.29, 1.82) is 0 Å². The second-order valence-corrected chi connectivity index (χ2v) is 9.05. The highest BCUT2D eigenvalue weighted by Crippen LogP contribution is 2.42. The summed E-state index contributed by atoms with van der Waals surface area (Å²) in [7, 11) is 0. The molecule has 21 heavy (non-hydrogen) atoms. The standard InChI is InChI=1S/C18H20S3/c1-4-11-18(2,3)17-10-9-16(21-17)15-8-7-14(20-15)13-6-5-12-19-13/h5-10,12H,4,11H2,1-3H3. The van der Waals surface area contributed by atoms with Crippen molar-refractivity contribution in [1.82, 2.24) is 0 Å². The Balaban J connectivity index is 1.87. The highest BCUT2D eigenvalue weighted by atomic mass is 32.1. The van der Waals surface area contributed by atoms with E-state index in [2.05, 4.69) is 62.5 Å². The lowest BCUT2D eigenvalue weighted by molar-refractivity contribution is 0.482. The van der Waals surface area contributed by atoms with Crippen molar-refractivity contribution in [3.8, 4) is 19.5 Å². The summed E-state index contributed by atoms with van der Waals surface area (Å²) in [4.78, 5) is 7.05. The van der Waals surface area contributed by atoms with Crippen LogP contribution in [0.2, 0.25) is 0 Å². The third kappa shape index (κ3) is 3.15. The quantitative estimate of drug-likeness (QED) is 0.460. The van der Waals surface area contributed by atoms with Gasteiger partial charge in [0.1, 0.15) is 0 Å². The Morgan fingerprint density at radius 1 is 0.857 bits per heavy atom. The smallest absolute Gasteiger partial charge is 0.0449 e. The summed E-state index contributed by atoms with van der Waals surface area (Å²) in [5.74, 6) is 0. The topological polar surface area (TPSA) is 0 Å². The summed E-state index contributed by atoms with van der Waals surface area (Å²) in [6.07, 6.45) is 2.49. The van der Waals surface area contributed by atoms with Gasteiger partial charge in [0, 0.05) is 24.4 Å². The van der Waals surface area contributed by atoms with Gasteiger partial charge in [0.05, 0.1) is 0 Å². The van der Waals surface area contributed by atoms with E-state index < -0.39 is 0 Å². The zero-order chi connectivity index (χ0) is 14.9. The summed E-state index contributed by atoms with van der Waals surface area (Å²) in [6, 6.07) is 13.5. The maximum absolute atomic E-state index is 2.36. The van der Waals surface area contributed by atoms with Crippen molar-refractivity contribution in [3.05, 3.63) is 46.7 Å². The van der Waals surface area contributed by atoms with E-state index in [0.29, 0.717) is 5.41 Å². The fourth-order valence-corrected chi connectivity index (χ4v) is 5.67. The van der Waals surface area contributed by atoms with Gasteiger partial charge in [-0.05, 0) is 47.5 Å². The number of hydrogen-bond donors (Lipinski definition) is 0. The van der Waals surface area contributed by atoms with Crippen LogP contribution in [0.1, 0.15) is 38.5 Å². The van der Waals surface area contributed by atoms with E-state index >= 15 is 0 Å². The van der Waals surface area contributed by atoms with Crippen LogP contribution in [0.4, 0.5) is 0 Å². The van der Waals surface area contributed by atoms with Gasteiger partial charge in [-0.25, -0.2) is 0 Å². The van der Waals surface area contributed by atoms with E-state index in [1.54, 1.807) is 0 Å². The first kappa shape index (κ1) is 15.0. The molecule has 0 aromatic carbocycles. The molecule has 0 saturated heterocycles.